The fourth-order valence-electron chi connectivity index (χ4n) is 2.80. The predicted molar refractivity (Wildman–Crippen MR) is 90.1 cm³/mol. The molecular formula is C14H18F2N4O3S2. The number of rotatable bonds is 6. The number of carbonyl (C=O) groups excluding carboxylic acids is 1. The first-order valence-corrected chi connectivity index (χ1v) is 9.44. The maximum Gasteiger partial charge on any atom is 0.326 e. The molecule has 2 fully saturated rings. The number of hydrogen-bond acceptors (Lipinski definition) is 7. The lowest BCUT2D eigenvalue weighted by molar-refractivity contribution is -0.147. The Labute approximate surface area is 151 Å². The summed E-state index contributed by atoms with van der Waals surface area (Å²) in [5, 5.41) is 9.56. The third-order valence-electron chi connectivity index (χ3n) is 4.28. The lowest BCUT2D eigenvalue weighted by atomic mass is 10.3. The Hall–Kier alpha value is -1.46. The number of amides is 1. The van der Waals surface area contributed by atoms with Crippen molar-refractivity contribution in [1.82, 2.24) is 14.6 Å². The Kier molecular flexibility index (Phi) is 5.16. The molecule has 138 valence electrons. The van der Waals surface area contributed by atoms with Crippen LogP contribution in [0.4, 0.5) is 13.9 Å². The molecule has 0 aliphatic carbocycles. The van der Waals surface area contributed by atoms with E-state index < -0.39 is 24.0 Å². The monoisotopic (exact) mass is 392 g/mol. The maximum atomic E-state index is 13.3. The molecule has 0 unspecified atom stereocenters. The molecule has 0 bridgehead atoms. The molecule has 3 rings (SSSR count). The predicted octanol–water partition coefficient (Wildman–Crippen LogP) is 1.66. The van der Waals surface area contributed by atoms with Crippen molar-refractivity contribution in [3.63, 3.8) is 0 Å². The highest BCUT2D eigenvalue weighted by atomic mass is 32.2. The summed E-state index contributed by atoms with van der Waals surface area (Å²) < 4.78 is 30.3. The van der Waals surface area contributed by atoms with Crippen molar-refractivity contribution >= 4 is 40.3 Å². The van der Waals surface area contributed by atoms with Crippen LogP contribution in [0.15, 0.2) is 10.4 Å². The number of carbonyl (C=O) groups is 2. The van der Waals surface area contributed by atoms with E-state index in [4.69, 9.17) is 5.11 Å². The number of likely N-dealkylation sites (tertiary alicyclic amines) is 1. The van der Waals surface area contributed by atoms with Crippen LogP contribution in [0.1, 0.15) is 19.8 Å². The van der Waals surface area contributed by atoms with Gasteiger partial charge < -0.3 is 14.9 Å². The fourth-order valence-corrected chi connectivity index (χ4v) is 4.59. The van der Waals surface area contributed by atoms with Crippen LogP contribution in [0.25, 0.3) is 0 Å². The summed E-state index contributed by atoms with van der Waals surface area (Å²) >= 11 is 2.51. The van der Waals surface area contributed by atoms with E-state index in [9.17, 15) is 18.4 Å². The lowest BCUT2D eigenvalue weighted by Gasteiger charge is -2.20. The first-order chi connectivity index (χ1) is 11.8. The zero-order valence-electron chi connectivity index (χ0n) is 13.4. The number of anilines is 1. The molecule has 0 spiro atoms. The molecule has 2 N–H and O–H groups in total. The molecule has 1 aromatic rings. The van der Waals surface area contributed by atoms with E-state index in [0.717, 1.165) is 4.21 Å². The van der Waals surface area contributed by atoms with Crippen molar-refractivity contribution in [3.05, 3.63) is 6.20 Å². The summed E-state index contributed by atoms with van der Waals surface area (Å²) in [4.78, 5) is 30.3. The normalized spacial score (nSPS) is 24.1. The minimum atomic E-state index is -2.67. The first kappa shape index (κ1) is 18.3. The Morgan fingerprint density at radius 3 is 2.96 bits per heavy atom. The van der Waals surface area contributed by atoms with Gasteiger partial charge in [0, 0.05) is 19.5 Å². The Bertz CT molecular complexity index is 672. The molecule has 2 saturated heterocycles. The molecule has 25 heavy (non-hydrogen) atoms. The van der Waals surface area contributed by atoms with Crippen molar-refractivity contribution in [2.45, 2.75) is 42.0 Å². The van der Waals surface area contributed by atoms with Gasteiger partial charge in [0.05, 0.1) is 23.0 Å². The van der Waals surface area contributed by atoms with E-state index in [0.29, 0.717) is 18.1 Å². The van der Waals surface area contributed by atoms with Gasteiger partial charge >= 0.3 is 5.97 Å². The molecule has 2 aliphatic rings. The minimum Gasteiger partial charge on any atom is -0.480 e. The Morgan fingerprint density at radius 1 is 1.56 bits per heavy atom. The summed E-state index contributed by atoms with van der Waals surface area (Å²) in [5.41, 5.74) is 0. The quantitative estimate of drug-likeness (QED) is 0.712. The van der Waals surface area contributed by atoms with Crippen molar-refractivity contribution in [1.29, 1.82) is 0 Å². The minimum absolute atomic E-state index is 0.165. The number of nitrogens with one attached hydrogen (secondary N) is 1. The average molecular weight is 392 g/mol. The second kappa shape index (κ2) is 7.04. The van der Waals surface area contributed by atoms with Gasteiger partial charge in [-0.05, 0) is 25.3 Å². The van der Waals surface area contributed by atoms with E-state index >= 15 is 0 Å². The van der Waals surface area contributed by atoms with Crippen LogP contribution < -0.4 is 9.62 Å². The number of aromatic nitrogens is 1. The molecule has 1 amide bonds. The number of aliphatic carboxylic acids is 1. The number of alkyl halides is 2. The molecule has 0 aromatic carbocycles. The van der Waals surface area contributed by atoms with E-state index in [1.165, 1.54) is 35.1 Å². The SMILES string of the molecule is C[C@H](C(=O)O)N1CC[C@H](NSc2cnc(N3CCC(F)(F)C3)s2)C1=O. The summed E-state index contributed by atoms with van der Waals surface area (Å²) in [6, 6.07) is -1.32. The Balaban J connectivity index is 1.53. The molecule has 3 heterocycles. The van der Waals surface area contributed by atoms with Crippen molar-refractivity contribution in [2.75, 3.05) is 24.5 Å². The molecule has 11 heteroatoms. The summed E-state index contributed by atoms with van der Waals surface area (Å²) in [6.07, 6.45) is 1.94. The molecular weight excluding hydrogens is 374 g/mol. The zero-order valence-corrected chi connectivity index (χ0v) is 15.1. The van der Waals surface area contributed by atoms with Crippen molar-refractivity contribution < 1.29 is 23.5 Å². The molecule has 7 nitrogen and oxygen atoms in total. The highest BCUT2D eigenvalue weighted by molar-refractivity contribution is 7.99. The van der Waals surface area contributed by atoms with Crippen LogP contribution in [0.5, 0.6) is 0 Å². The van der Waals surface area contributed by atoms with Gasteiger partial charge in [0.15, 0.2) is 5.13 Å². The smallest absolute Gasteiger partial charge is 0.326 e. The van der Waals surface area contributed by atoms with Gasteiger partial charge in [-0.1, -0.05) is 11.3 Å². The zero-order chi connectivity index (χ0) is 18.2. The molecule has 1 aromatic heterocycles. The van der Waals surface area contributed by atoms with Gasteiger partial charge in [0.2, 0.25) is 5.91 Å². The number of carboxylic acid groups (broad SMARTS) is 1. The van der Waals surface area contributed by atoms with Crippen molar-refractivity contribution in [2.24, 2.45) is 0 Å². The highest BCUT2D eigenvalue weighted by Crippen LogP contribution is 2.35. The highest BCUT2D eigenvalue weighted by Gasteiger charge is 2.39. The molecule has 0 saturated carbocycles. The number of carboxylic acids is 1. The number of nitrogens with zero attached hydrogens (tertiary/aromatic N) is 3. The van der Waals surface area contributed by atoms with Gasteiger partial charge in [-0.15, -0.1) is 0 Å². The van der Waals surface area contributed by atoms with Gasteiger partial charge in [-0.3, -0.25) is 4.79 Å². The van der Waals surface area contributed by atoms with E-state index in [2.05, 4.69) is 9.71 Å². The fraction of sp³-hybridized carbons (Fsp3) is 0.643. The van der Waals surface area contributed by atoms with Crippen LogP contribution in [0.3, 0.4) is 0 Å². The molecule has 2 aliphatic heterocycles. The second-order valence-corrected chi connectivity index (χ2v) is 8.24. The number of halogens is 2. The standard InChI is InChI=1S/C14H18F2N4O3S2/c1-8(12(22)23)20-4-2-9(11(20)21)18-25-10-6-17-13(24-10)19-5-3-14(15,16)7-19/h6,8-9,18H,2-5,7H2,1H3,(H,22,23)/t8-,9+/m1/s1. The largest absolute Gasteiger partial charge is 0.480 e. The molecule has 0 radical (unpaired) electrons. The summed E-state index contributed by atoms with van der Waals surface area (Å²) in [7, 11) is 0. The maximum absolute atomic E-state index is 13.3. The number of hydrogen-bond donors (Lipinski definition) is 2. The Morgan fingerprint density at radius 2 is 2.32 bits per heavy atom. The topological polar surface area (TPSA) is 85.8 Å². The molecule has 2 atom stereocenters. The van der Waals surface area contributed by atoms with Gasteiger partial charge in [0.25, 0.3) is 5.92 Å². The number of thiazole rings is 1. The second-order valence-electron chi connectivity index (χ2n) is 6.10. The van der Waals surface area contributed by atoms with Gasteiger partial charge in [0.1, 0.15) is 6.04 Å². The van der Waals surface area contributed by atoms with Crippen LogP contribution in [-0.4, -0.2) is 64.5 Å². The van der Waals surface area contributed by atoms with Crippen LogP contribution >= 0.6 is 23.3 Å². The lowest BCUT2D eigenvalue weighted by Crippen LogP contribution is -2.43. The summed E-state index contributed by atoms with van der Waals surface area (Å²) in [6.45, 7) is 1.83. The third kappa shape index (κ3) is 4.04. The average Bonchev–Trinajstić information content (AvgIpc) is 3.23. The van der Waals surface area contributed by atoms with Gasteiger partial charge in [-0.2, -0.15) is 0 Å². The van der Waals surface area contributed by atoms with Crippen molar-refractivity contribution in [3.8, 4) is 0 Å². The van der Waals surface area contributed by atoms with E-state index in [1.807, 2.05) is 0 Å². The van der Waals surface area contributed by atoms with Crippen LogP contribution in [-0.2, 0) is 9.59 Å². The van der Waals surface area contributed by atoms with Gasteiger partial charge in [-0.25, -0.2) is 23.3 Å². The third-order valence-corrected chi connectivity index (χ3v) is 6.34. The van der Waals surface area contributed by atoms with E-state index in [-0.39, 0.29) is 25.4 Å². The summed E-state index contributed by atoms with van der Waals surface area (Å²) in [5.74, 6) is -3.94. The van der Waals surface area contributed by atoms with Crippen LogP contribution in [0, 0.1) is 0 Å². The van der Waals surface area contributed by atoms with E-state index in [1.54, 1.807) is 11.1 Å². The first-order valence-electron chi connectivity index (χ1n) is 7.81. The van der Waals surface area contributed by atoms with Crippen LogP contribution in [0.2, 0.25) is 0 Å².